The minimum atomic E-state index is -0.0116. The molecule has 4 nitrogen and oxygen atoms in total. The fourth-order valence-electron chi connectivity index (χ4n) is 10.5. The number of nitrogens with zero attached hydrogens (tertiary/aromatic N) is 4. The number of hydrogen-bond donors (Lipinski definition) is 0. The monoisotopic (exact) mass is 1060 g/mol. The molecule has 9 aromatic carbocycles. The number of anilines is 9. The number of halogens is 1. The molecule has 0 aliphatic carbocycles. The van der Waals surface area contributed by atoms with Gasteiger partial charge in [-0.2, -0.15) is 0 Å². The van der Waals surface area contributed by atoms with E-state index in [2.05, 4.69) is 331 Å². The second kappa shape index (κ2) is 20.0. The Morgan fingerprint density at radius 3 is 1.12 bits per heavy atom. The van der Waals surface area contributed by atoms with Crippen LogP contribution in [-0.4, -0.2) is 4.57 Å². The highest BCUT2D eigenvalue weighted by molar-refractivity contribution is 9.10. The highest BCUT2D eigenvalue weighted by atomic mass is 79.9. The molecule has 0 atom stereocenters. The molecule has 10 rings (SSSR count). The van der Waals surface area contributed by atoms with Crippen LogP contribution in [-0.2, 0) is 21.7 Å². The maximum atomic E-state index is 4.36. The second-order valence-corrected chi connectivity index (χ2v) is 25.5. The highest BCUT2D eigenvalue weighted by Gasteiger charge is 2.27. The topological polar surface area (TPSA) is 14.7 Å². The van der Waals surface area contributed by atoms with Crippen LogP contribution in [0.1, 0.15) is 111 Å². The summed E-state index contributed by atoms with van der Waals surface area (Å²) in [7, 11) is 0. The first-order valence-electron chi connectivity index (χ1n) is 26.9. The van der Waals surface area contributed by atoms with Crippen LogP contribution in [0.25, 0.3) is 27.5 Å². The van der Waals surface area contributed by atoms with E-state index in [1.54, 1.807) is 0 Å². The van der Waals surface area contributed by atoms with Gasteiger partial charge in [-0.3, -0.25) is 0 Å². The first kappa shape index (κ1) is 52.1. The fourth-order valence-corrected chi connectivity index (χ4v) is 11.1. The van der Waals surface area contributed by atoms with Crippen LogP contribution >= 0.6 is 15.9 Å². The fraction of sp³-hybridized carbons (Fsp3) is 0.239. The maximum absolute atomic E-state index is 4.36. The molecule has 0 saturated carbocycles. The van der Waals surface area contributed by atoms with Gasteiger partial charge >= 0.3 is 0 Å². The SMILES string of the molecule is Cc1cc(N(c2ccc(C(C)(C)C)cc2)c2ccc(C(C)(C)C)cc2)c(Br)c(N(c2ccc(C(C)(C)C)cc2)c2cccc(N(c3ccc(C(C)(C)C)cc3)c3ccc4c5ccccc5n(-c5ccccc5)c4c3)c2)c1. The lowest BCUT2D eigenvalue weighted by molar-refractivity contribution is 0.590. The standard InChI is InChI=1S/C71H73BrN4/c1-48-44-65(74(55-36-28-50(29-37-55)69(5,6)7)56-38-30-51(31-39-56)70(8,9)10)67(72)66(45-48)75(57-40-32-52(33-41-57)71(11,12)13)59-23-19-22-58(46-59)73(54-34-26-49(27-35-54)68(2,3)4)60-42-43-62-61-24-17-18-25-63(61)76(64(62)47-60)53-20-15-14-16-21-53/h14-47H,1-13H3. The quantitative estimate of drug-likeness (QED) is 0.136. The minimum Gasteiger partial charge on any atom is -0.310 e. The first-order valence-corrected chi connectivity index (χ1v) is 27.7. The van der Waals surface area contributed by atoms with Crippen LogP contribution in [0.2, 0.25) is 0 Å². The lowest BCUT2D eigenvalue weighted by Gasteiger charge is -2.33. The molecule has 1 heterocycles. The summed E-state index contributed by atoms with van der Waals surface area (Å²) in [6, 6.07) is 76.7. The number of hydrogen-bond acceptors (Lipinski definition) is 3. The van der Waals surface area contributed by atoms with Crippen molar-refractivity contribution in [3.05, 3.63) is 239 Å². The van der Waals surface area contributed by atoms with Crippen LogP contribution in [0.4, 0.5) is 51.2 Å². The molecule has 0 aliphatic rings. The summed E-state index contributed by atoms with van der Waals surface area (Å²) in [6.45, 7) is 29.6. The van der Waals surface area contributed by atoms with Gasteiger partial charge in [0.1, 0.15) is 0 Å². The lowest BCUT2D eigenvalue weighted by Crippen LogP contribution is -2.17. The zero-order valence-electron chi connectivity index (χ0n) is 46.8. The molecule has 0 aliphatic heterocycles. The average Bonchev–Trinajstić information content (AvgIpc) is 3.71. The Hall–Kier alpha value is -7.34. The van der Waals surface area contributed by atoms with E-state index in [0.717, 1.165) is 72.4 Å². The predicted octanol–water partition coefficient (Wildman–Crippen LogP) is 21.5. The maximum Gasteiger partial charge on any atom is 0.0657 e. The second-order valence-electron chi connectivity index (χ2n) is 24.7. The van der Waals surface area contributed by atoms with E-state index >= 15 is 0 Å². The van der Waals surface area contributed by atoms with E-state index in [0.29, 0.717) is 0 Å². The highest BCUT2D eigenvalue weighted by Crippen LogP contribution is 2.50. The molecule has 1 aromatic heterocycles. The summed E-state index contributed by atoms with van der Waals surface area (Å²) >= 11 is 4.36. The molecule has 0 unspecified atom stereocenters. The normalized spacial score (nSPS) is 12.3. The van der Waals surface area contributed by atoms with E-state index in [1.807, 2.05) is 0 Å². The molecule has 384 valence electrons. The zero-order chi connectivity index (χ0) is 53.9. The van der Waals surface area contributed by atoms with Gasteiger partial charge in [0.25, 0.3) is 0 Å². The molecule has 0 N–H and O–H groups in total. The smallest absolute Gasteiger partial charge is 0.0657 e. The summed E-state index contributed by atoms with van der Waals surface area (Å²) in [5, 5.41) is 2.45. The molecular formula is C71H73BrN4. The predicted molar refractivity (Wildman–Crippen MR) is 332 cm³/mol. The average molecular weight is 1060 g/mol. The van der Waals surface area contributed by atoms with Gasteiger partial charge in [-0.1, -0.05) is 180 Å². The van der Waals surface area contributed by atoms with Crippen molar-refractivity contribution in [3.8, 4) is 5.69 Å². The number of para-hydroxylation sites is 2. The van der Waals surface area contributed by atoms with Gasteiger partial charge in [-0.05, 0) is 182 Å². The van der Waals surface area contributed by atoms with Crippen molar-refractivity contribution >= 4 is 88.9 Å². The van der Waals surface area contributed by atoms with Crippen molar-refractivity contribution in [3.63, 3.8) is 0 Å². The molecule has 0 amide bonds. The molecule has 0 bridgehead atoms. The largest absolute Gasteiger partial charge is 0.310 e. The van der Waals surface area contributed by atoms with Gasteiger partial charge < -0.3 is 19.3 Å². The van der Waals surface area contributed by atoms with E-state index in [4.69, 9.17) is 0 Å². The number of fused-ring (bicyclic) bond motifs is 3. The van der Waals surface area contributed by atoms with E-state index in [9.17, 15) is 0 Å². The third-order valence-electron chi connectivity index (χ3n) is 14.9. The molecule has 0 fully saturated rings. The van der Waals surface area contributed by atoms with Crippen molar-refractivity contribution < 1.29 is 0 Å². The summed E-state index contributed by atoms with van der Waals surface area (Å²) in [4.78, 5) is 7.26. The Labute approximate surface area is 461 Å². The van der Waals surface area contributed by atoms with Crippen molar-refractivity contribution in [2.45, 2.75) is 112 Å². The number of rotatable bonds is 10. The van der Waals surface area contributed by atoms with Crippen molar-refractivity contribution in [2.75, 3.05) is 14.7 Å². The first-order chi connectivity index (χ1) is 36.0. The van der Waals surface area contributed by atoms with Gasteiger partial charge in [-0.25, -0.2) is 0 Å². The molecular weight excluding hydrogens is 989 g/mol. The van der Waals surface area contributed by atoms with E-state index in [-0.39, 0.29) is 21.7 Å². The van der Waals surface area contributed by atoms with Gasteiger partial charge in [-0.15, -0.1) is 0 Å². The Morgan fingerprint density at radius 1 is 0.316 bits per heavy atom. The summed E-state index contributed by atoms with van der Waals surface area (Å²) in [5.74, 6) is 0. The number of benzene rings is 9. The van der Waals surface area contributed by atoms with Crippen LogP contribution in [0, 0.1) is 6.92 Å². The summed E-state index contributed by atoms with van der Waals surface area (Å²) in [6.07, 6.45) is 0. The Bertz CT molecular complexity index is 3610. The van der Waals surface area contributed by atoms with Gasteiger partial charge in [0.05, 0.1) is 26.9 Å². The van der Waals surface area contributed by atoms with E-state index < -0.39 is 0 Å². The van der Waals surface area contributed by atoms with Crippen LogP contribution in [0.15, 0.2) is 211 Å². The van der Waals surface area contributed by atoms with Crippen LogP contribution in [0.3, 0.4) is 0 Å². The molecule has 0 saturated heterocycles. The van der Waals surface area contributed by atoms with Crippen LogP contribution < -0.4 is 14.7 Å². The van der Waals surface area contributed by atoms with Gasteiger partial charge in [0.2, 0.25) is 0 Å². The summed E-state index contributed by atoms with van der Waals surface area (Å²) in [5.41, 5.74) is 19.4. The Kier molecular flexibility index (Phi) is 13.7. The molecule has 0 spiro atoms. The lowest BCUT2D eigenvalue weighted by atomic mass is 9.86. The van der Waals surface area contributed by atoms with Gasteiger partial charge in [0.15, 0.2) is 0 Å². The summed E-state index contributed by atoms with van der Waals surface area (Å²) < 4.78 is 3.39. The minimum absolute atomic E-state index is 0.00321. The Morgan fingerprint density at radius 2 is 0.671 bits per heavy atom. The molecule has 5 heteroatoms. The van der Waals surface area contributed by atoms with Crippen molar-refractivity contribution in [1.29, 1.82) is 0 Å². The molecule has 0 radical (unpaired) electrons. The Balaban J connectivity index is 1.19. The zero-order valence-corrected chi connectivity index (χ0v) is 48.4. The third-order valence-corrected chi connectivity index (χ3v) is 15.7. The van der Waals surface area contributed by atoms with E-state index in [1.165, 1.54) is 38.5 Å². The van der Waals surface area contributed by atoms with Crippen molar-refractivity contribution in [2.24, 2.45) is 0 Å². The van der Waals surface area contributed by atoms with Crippen molar-refractivity contribution in [1.82, 2.24) is 4.57 Å². The van der Waals surface area contributed by atoms with Gasteiger partial charge in [0, 0.05) is 56.3 Å². The van der Waals surface area contributed by atoms with Crippen LogP contribution in [0.5, 0.6) is 0 Å². The molecule has 10 aromatic rings. The molecule has 76 heavy (non-hydrogen) atoms. The number of aryl methyl sites for hydroxylation is 1. The number of aromatic nitrogens is 1. The third kappa shape index (κ3) is 10.3.